The number of nitrogens with two attached hydrogens (primary N) is 1. The molecule has 1 unspecified atom stereocenters. The third-order valence-corrected chi connectivity index (χ3v) is 3.08. The minimum absolute atomic E-state index is 0.00821. The predicted octanol–water partition coefficient (Wildman–Crippen LogP) is 3.01. The van der Waals surface area contributed by atoms with Gasteiger partial charge < -0.3 is 5.73 Å². The van der Waals surface area contributed by atoms with Gasteiger partial charge in [-0.2, -0.15) is 11.3 Å². The molecule has 2 N–H and O–H groups in total. The minimum atomic E-state index is -0.00821. The Balaban J connectivity index is 2.34. The summed E-state index contributed by atoms with van der Waals surface area (Å²) in [7, 11) is 0. The Labute approximate surface area is 102 Å². The summed E-state index contributed by atoms with van der Waals surface area (Å²) >= 11 is 1.63. The van der Waals surface area contributed by atoms with Crippen LogP contribution in [-0.2, 0) is 11.2 Å². The van der Waals surface area contributed by atoms with Crippen LogP contribution >= 0.6 is 11.3 Å². The quantitative estimate of drug-likeness (QED) is 0.858. The molecular formula is C13H21NOS. The molecule has 0 aliphatic carbocycles. The molecule has 0 bridgehead atoms. The second-order valence-corrected chi connectivity index (χ2v) is 6.36. The summed E-state index contributed by atoms with van der Waals surface area (Å²) in [6.07, 6.45) is 1.91. The molecule has 0 spiro atoms. The first-order valence-electron chi connectivity index (χ1n) is 5.65. The van der Waals surface area contributed by atoms with E-state index < -0.39 is 0 Å². The van der Waals surface area contributed by atoms with Crippen molar-refractivity contribution in [3.05, 3.63) is 22.4 Å². The van der Waals surface area contributed by atoms with Crippen LogP contribution < -0.4 is 5.73 Å². The Morgan fingerprint density at radius 3 is 2.69 bits per heavy atom. The van der Waals surface area contributed by atoms with Crippen molar-refractivity contribution in [2.45, 2.75) is 46.1 Å². The highest BCUT2D eigenvalue weighted by Crippen LogP contribution is 2.21. The SMILES string of the molecule is CC(C)(C)CC(N)CC(=O)Cc1ccsc1. The van der Waals surface area contributed by atoms with Gasteiger partial charge in [0.2, 0.25) is 0 Å². The van der Waals surface area contributed by atoms with Crippen molar-refractivity contribution >= 4 is 17.1 Å². The number of hydrogen-bond donors (Lipinski definition) is 1. The average molecular weight is 239 g/mol. The maximum absolute atomic E-state index is 11.7. The maximum atomic E-state index is 11.7. The van der Waals surface area contributed by atoms with Crippen LogP contribution in [0.2, 0.25) is 0 Å². The van der Waals surface area contributed by atoms with Crippen molar-refractivity contribution in [2.24, 2.45) is 11.1 Å². The van der Waals surface area contributed by atoms with Crippen LogP contribution in [0.25, 0.3) is 0 Å². The fourth-order valence-electron chi connectivity index (χ4n) is 1.84. The van der Waals surface area contributed by atoms with E-state index in [0.29, 0.717) is 12.8 Å². The monoisotopic (exact) mass is 239 g/mol. The highest BCUT2D eigenvalue weighted by atomic mass is 32.1. The Hall–Kier alpha value is -0.670. The van der Waals surface area contributed by atoms with Gasteiger partial charge >= 0.3 is 0 Å². The fraction of sp³-hybridized carbons (Fsp3) is 0.615. The van der Waals surface area contributed by atoms with E-state index in [9.17, 15) is 4.79 Å². The van der Waals surface area contributed by atoms with Crippen molar-refractivity contribution in [3.8, 4) is 0 Å². The highest BCUT2D eigenvalue weighted by Gasteiger charge is 2.18. The number of ketones is 1. The van der Waals surface area contributed by atoms with E-state index in [4.69, 9.17) is 5.73 Å². The predicted molar refractivity (Wildman–Crippen MR) is 69.7 cm³/mol. The van der Waals surface area contributed by atoms with Crippen LogP contribution in [0.1, 0.15) is 39.2 Å². The molecule has 1 heterocycles. The van der Waals surface area contributed by atoms with Crippen LogP contribution in [0, 0.1) is 5.41 Å². The van der Waals surface area contributed by atoms with E-state index in [0.717, 1.165) is 12.0 Å². The van der Waals surface area contributed by atoms with Crippen molar-refractivity contribution < 1.29 is 4.79 Å². The zero-order chi connectivity index (χ0) is 12.2. The zero-order valence-electron chi connectivity index (χ0n) is 10.3. The van der Waals surface area contributed by atoms with Crippen LogP contribution in [0.4, 0.5) is 0 Å². The van der Waals surface area contributed by atoms with Gasteiger partial charge in [0.05, 0.1) is 0 Å². The molecule has 16 heavy (non-hydrogen) atoms. The summed E-state index contributed by atoms with van der Waals surface area (Å²) in [5.41, 5.74) is 7.28. The maximum Gasteiger partial charge on any atom is 0.138 e. The lowest BCUT2D eigenvalue weighted by atomic mass is 9.86. The van der Waals surface area contributed by atoms with E-state index in [1.54, 1.807) is 11.3 Å². The molecule has 0 saturated carbocycles. The van der Waals surface area contributed by atoms with Gasteiger partial charge in [0.15, 0.2) is 0 Å². The third kappa shape index (κ3) is 5.42. The molecule has 0 aliphatic heterocycles. The molecule has 1 atom stereocenters. The van der Waals surface area contributed by atoms with E-state index in [-0.39, 0.29) is 17.2 Å². The van der Waals surface area contributed by atoms with Crippen LogP contribution in [0.3, 0.4) is 0 Å². The lowest BCUT2D eigenvalue weighted by Gasteiger charge is -2.22. The molecule has 0 fully saturated rings. The Kier molecular flexibility index (Phi) is 4.69. The highest BCUT2D eigenvalue weighted by molar-refractivity contribution is 7.07. The van der Waals surface area contributed by atoms with Gasteiger partial charge in [-0.1, -0.05) is 20.8 Å². The number of rotatable bonds is 5. The van der Waals surface area contributed by atoms with Gasteiger partial charge in [0, 0.05) is 18.9 Å². The first-order valence-corrected chi connectivity index (χ1v) is 6.59. The van der Waals surface area contributed by atoms with E-state index in [2.05, 4.69) is 20.8 Å². The molecule has 1 aromatic heterocycles. The number of carbonyl (C=O) groups is 1. The molecule has 0 aliphatic rings. The smallest absolute Gasteiger partial charge is 0.138 e. The van der Waals surface area contributed by atoms with Gasteiger partial charge in [0.1, 0.15) is 5.78 Å². The largest absolute Gasteiger partial charge is 0.327 e. The lowest BCUT2D eigenvalue weighted by Crippen LogP contribution is -2.29. The Morgan fingerprint density at radius 2 is 2.19 bits per heavy atom. The standard InChI is InChI=1S/C13H21NOS/c1-13(2,3)8-11(14)7-12(15)6-10-4-5-16-9-10/h4-5,9,11H,6-8,14H2,1-3H3. The Bertz CT molecular complexity index is 324. The van der Waals surface area contributed by atoms with Gasteiger partial charge in [-0.25, -0.2) is 0 Å². The molecule has 2 nitrogen and oxygen atoms in total. The number of carbonyl (C=O) groups excluding carboxylic acids is 1. The second kappa shape index (κ2) is 5.60. The number of thiophene rings is 1. The third-order valence-electron chi connectivity index (χ3n) is 2.35. The summed E-state index contributed by atoms with van der Waals surface area (Å²) in [6.45, 7) is 6.45. The van der Waals surface area contributed by atoms with Crippen LogP contribution in [0.15, 0.2) is 16.8 Å². The number of Topliss-reactive ketones (excluding diaryl/α,β-unsaturated/α-hetero) is 1. The van der Waals surface area contributed by atoms with Crippen LogP contribution in [0.5, 0.6) is 0 Å². The van der Waals surface area contributed by atoms with E-state index >= 15 is 0 Å². The minimum Gasteiger partial charge on any atom is -0.327 e. The summed E-state index contributed by atoms with van der Waals surface area (Å²) in [5, 5.41) is 4.02. The van der Waals surface area contributed by atoms with Crippen molar-refractivity contribution in [1.82, 2.24) is 0 Å². The molecule has 1 aromatic rings. The van der Waals surface area contributed by atoms with E-state index in [1.165, 1.54) is 0 Å². The first kappa shape index (κ1) is 13.4. The fourth-order valence-corrected chi connectivity index (χ4v) is 2.51. The molecule has 1 rings (SSSR count). The van der Waals surface area contributed by atoms with Gasteiger partial charge in [-0.05, 0) is 34.2 Å². The molecular weight excluding hydrogens is 218 g/mol. The molecule has 90 valence electrons. The molecule has 3 heteroatoms. The van der Waals surface area contributed by atoms with Crippen molar-refractivity contribution in [1.29, 1.82) is 0 Å². The van der Waals surface area contributed by atoms with Gasteiger partial charge in [0.25, 0.3) is 0 Å². The first-order chi connectivity index (χ1) is 7.37. The van der Waals surface area contributed by atoms with Crippen molar-refractivity contribution in [3.63, 3.8) is 0 Å². The normalized spacial score (nSPS) is 13.8. The molecule has 0 aromatic carbocycles. The summed E-state index contributed by atoms with van der Waals surface area (Å²) < 4.78 is 0. The molecule has 0 radical (unpaired) electrons. The second-order valence-electron chi connectivity index (χ2n) is 5.58. The Morgan fingerprint density at radius 1 is 1.50 bits per heavy atom. The average Bonchev–Trinajstić information content (AvgIpc) is 2.51. The lowest BCUT2D eigenvalue weighted by molar-refractivity contribution is -0.118. The summed E-state index contributed by atoms with van der Waals surface area (Å²) in [5.74, 6) is 0.246. The van der Waals surface area contributed by atoms with Gasteiger partial charge in [-0.15, -0.1) is 0 Å². The van der Waals surface area contributed by atoms with Crippen molar-refractivity contribution in [2.75, 3.05) is 0 Å². The van der Waals surface area contributed by atoms with Crippen LogP contribution in [-0.4, -0.2) is 11.8 Å². The molecule has 0 saturated heterocycles. The zero-order valence-corrected chi connectivity index (χ0v) is 11.1. The number of hydrogen-bond acceptors (Lipinski definition) is 3. The summed E-state index contributed by atoms with van der Waals surface area (Å²) in [4.78, 5) is 11.7. The topological polar surface area (TPSA) is 43.1 Å². The summed E-state index contributed by atoms with van der Waals surface area (Å²) in [6, 6.07) is 1.99. The molecule has 0 amide bonds. The van der Waals surface area contributed by atoms with Gasteiger partial charge in [-0.3, -0.25) is 4.79 Å². The van der Waals surface area contributed by atoms with E-state index in [1.807, 2.05) is 16.8 Å².